The van der Waals surface area contributed by atoms with Crippen LogP contribution in [-0.2, 0) is 0 Å². The average molecular weight is 257 g/mol. The quantitative estimate of drug-likeness (QED) is 0.252. The predicted molar refractivity (Wildman–Crippen MR) is 72.7 cm³/mol. The zero-order valence-corrected chi connectivity index (χ0v) is 11.6. The molecule has 4 N–H and O–H groups in total. The largest absolute Gasteiger partial charge is 0.409 e. The predicted octanol–water partition coefficient (Wildman–Crippen LogP) is 1.39. The van der Waals surface area contributed by atoms with E-state index in [9.17, 15) is 5.11 Å². The molecule has 0 heterocycles. The molecule has 5 heteroatoms. The van der Waals surface area contributed by atoms with Gasteiger partial charge in [-0.2, -0.15) is 0 Å². The summed E-state index contributed by atoms with van der Waals surface area (Å²) in [5.41, 5.74) is 5.80. The van der Waals surface area contributed by atoms with E-state index in [0.717, 1.165) is 32.2 Å². The minimum atomic E-state index is 0.175. The lowest BCUT2D eigenvalue weighted by atomic mass is 9.99. The Bertz CT molecular complexity index is 273. The Hall–Kier alpha value is -0.810. The van der Waals surface area contributed by atoms with Crippen molar-refractivity contribution in [2.24, 2.45) is 16.3 Å². The van der Waals surface area contributed by atoms with Gasteiger partial charge in [0.15, 0.2) is 0 Å². The van der Waals surface area contributed by atoms with Crippen LogP contribution in [0.1, 0.15) is 46.0 Å². The summed E-state index contributed by atoms with van der Waals surface area (Å²) in [6.45, 7) is 6.21. The van der Waals surface area contributed by atoms with E-state index >= 15 is 0 Å². The van der Waals surface area contributed by atoms with Crippen molar-refractivity contribution in [2.45, 2.75) is 52.0 Å². The van der Waals surface area contributed by atoms with Crippen molar-refractivity contribution in [3.05, 3.63) is 0 Å². The van der Waals surface area contributed by atoms with Gasteiger partial charge in [0.1, 0.15) is 5.84 Å². The first-order valence-corrected chi connectivity index (χ1v) is 6.92. The van der Waals surface area contributed by atoms with E-state index < -0.39 is 0 Å². The summed E-state index contributed by atoms with van der Waals surface area (Å²) in [7, 11) is 0. The highest BCUT2D eigenvalue weighted by atomic mass is 16.4. The summed E-state index contributed by atoms with van der Waals surface area (Å²) < 4.78 is 0. The fourth-order valence-electron chi connectivity index (χ4n) is 2.74. The molecular formula is C13H27N3O2. The molecule has 18 heavy (non-hydrogen) atoms. The molecule has 0 aromatic rings. The van der Waals surface area contributed by atoms with Crippen LogP contribution in [0.5, 0.6) is 0 Å². The summed E-state index contributed by atoms with van der Waals surface area (Å²) in [6.07, 6.45) is 5.11. The number of nitrogens with two attached hydrogens (primary N) is 1. The summed E-state index contributed by atoms with van der Waals surface area (Å²) >= 11 is 0. The van der Waals surface area contributed by atoms with Crippen molar-refractivity contribution in [2.75, 3.05) is 19.7 Å². The molecule has 1 rings (SSSR count). The highest BCUT2D eigenvalue weighted by Crippen LogP contribution is 2.49. The molecule has 1 fully saturated rings. The van der Waals surface area contributed by atoms with E-state index in [2.05, 4.69) is 23.9 Å². The van der Waals surface area contributed by atoms with E-state index in [1.165, 1.54) is 0 Å². The SMILES string of the molecule is CCC(CC)N(CCO)CC1(CC(N)=NO)CC1. The number of nitrogens with zero attached hydrogens (tertiary/aromatic N) is 2. The van der Waals surface area contributed by atoms with Crippen LogP contribution in [0.25, 0.3) is 0 Å². The molecule has 1 aliphatic carbocycles. The molecule has 1 saturated carbocycles. The summed E-state index contributed by atoms with van der Waals surface area (Å²) in [6, 6.07) is 0.516. The monoisotopic (exact) mass is 257 g/mol. The van der Waals surface area contributed by atoms with Crippen LogP contribution in [0.3, 0.4) is 0 Å². The van der Waals surface area contributed by atoms with Crippen LogP contribution in [0.2, 0.25) is 0 Å². The molecular weight excluding hydrogens is 230 g/mol. The van der Waals surface area contributed by atoms with Gasteiger partial charge in [-0.05, 0) is 31.1 Å². The number of amidine groups is 1. The summed E-state index contributed by atoms with van der Waals surface area (Å²) in [5.74, 6) is 0.320. The second-order valence-electron chi connectivity index (χ2n) is 5.43. The number of hydrogen-bond donors (Lipinski definition) is 3. The molecule has 0 saturated heterocycles. The smallest absolute Gasteiger partial charge is 0.139 e. The van der Waals surface area contributed by atoms with Gasteiger partial charge < -0.3 is 16.0 Å². The fraction of sp³-hybridized carbons (Fsp3) is 0.923. The number of aliphatic hydroxyl groups is 1. The zero-order valence-electron chi connectivity index (χ0n) is 11.6. The Labute approximate surface area is 110 Å². The van der Waals surface area contributed by atoms with Gasteiger partial charge in [0.05, 0.1) is 6.61 Å². The molecule has 1 aliphatic rings. The van der Waals surface area contributed by atoms with Crippen molar-refractivity contribution >= 4 is 5.84 Å². The molecule has 0 bridgehead atoms. The van der Waals surface area contributed by atoms with Gasteiger partial charge in [-0.15, -0.1) is 0 Å². The van der Waals surface area contributed by atoms with E-state index in [0.29, 0.717) is 24.8 Å². The van der Waals surface area contributed by atoms with Gasteiger partial charge in [-0.3, -0.25) is 4.90 Å². The Balaban J connectivity index is 2.60. The minimum Gasteiger partial charge on any atom is -0.409 e. The molecule has 0 radical (unpaired) electrons. The third-order valence-electron chi connectivity index (χ3n) is 4.03. The van der Waals surface area contributed by atoms with Crippen LogP contribution in [0, 0.1) is 5.41 Å². The van der Waals surface area contributed by atoms with E-state index in [1.54, 1.807) is 0 Å². The van der Waals surface area contributed by atoms with Crippen LogP contribution >= 0.6 is 0 Å². The molecule has 0 amide bonds. The maximum absolute atomic E-state index is 9.19. The minimum absolute atomic E-state index is 0.175. The lowest BCUT2D eigenvalue weighted by Crippen LogP contribution is -2.41. The van der Waals surface area contributed by atoms with Crippen LogP contribution in [-0.4, -0.2) is 46.8 Å². The standard InChI is InChI=1S/C13H27N3O2/c1-3-11(4-2)16(7-8-17)10-13(5-6-13)9-12(14)15-18/h11,17-18H,3-10H2,1-2H3,(H2,14,15). The number of aliphatic hydroxyl groups excluding tert-OH is 1. The second kappa shape index (κ2) is 6.95. The van der Waals surface area contributed by atoms with E-state index in [1.807, 2.05) is 0 Å². The number of oxime groups is 1. The Morgan fingerprint density at radius 2 is 2.00 bits per heavy atom. The Morgan fingerprint density at radius 1 is 1.39 bits per heavy atom. The first-order chi connectivity index (χ1) is 8.60. The van der Waals surface area contributed by atoms with E-state index in [4.69, 9.17) is 10.9 Å². The molecule has 106 valence electrons. The van der Waals surface area contributed by atoms with Gasteiger partial charge in [0.2, 0.25) is 0 Å². The topological polar surface area (TPSA) is 82.1 Å². The highest BCUT2D eigenvalue weighted by molar-refractivity contribution is 5.80. The Kier molecular flexibility index (Phi) is 5.88. The number of hydrogen-bond acceptors (Lipinski definition) is 4. The maximum atomic E-state index is 9.19. The summed E-state index contributed by atoms with van der Waals surface area (Å²) in [5, 5.41) is 20.9. The van der Waals surface area contributed by atoms with Gasteiger partial charge in [0, 0.05) is 25.6 Å². The molecule has 0 atom stereocenters. The number of rotatable bonds is 9. The first-order valence-electron chi connectivity index (χ1n) is 6.92. The normalized spacial score (nSPS) is 18.6. The van der Waals surface area contributed by atoms with Crippen molar-refractivity contribution in [3.8, 4) is 0 Å². The molecule has 0 aromatic heterocycles. The van der Waals surface area contributed by atoms with Gasteiger partial charge >= 0.3 is 0 Å². The average Bonchev–Trinajstić information content (AvgIpc) is 3.10. The van der Waals surface area contributed by atoms with E-state index in [-0.39, 0.29) is 12.0 Å². The molecule has 0 spiro atoms. The molecule has 0 unspecified atom stereocenters. The lowest BCUT2D eigenvalue weighted by Gasteiger charge is -2.33. The van der Waals surface area contributed by atoms with Crippen LogP contribution in [0.15, 0.2) is 5.16 Å². The maximum Gasteiger partial charge on any atom is 0.139 e. The van der Waals surface area contributed by atoms with Gasteiger partial charge in [-0.25, -0.2) is 0 Å². The molecule has 0 aromatic carbocycles. The third-order valence-corrected chi connectivity index (χ3v) is 4.03. The third kappa shape index (κ3) is 4.14. The molecule has 5 nitrogen and oxygen atoms in total. The van der Waals surface area contributed by atoms with Crippen LogP contribution < -0.4 is 5.73 Å². The molecule has 0 aliphatic heterocycles. The lowest BCUT2D eigenvalue weighted by molar-refractivity contribution is 0.119. The van der Waals surface area contributed by atoms with Crippen molar-refractivity contribution < 1.29 is 10.3 Å². The fourth-order valence-corrected chi connectivity index (χ4v) is 2.74. The zero-order chi connectivity index (χ0) is 13.6. The van der Waals surface area contributed by atoms with Crippen LogP contribution in [0.4, 0.5) is 0 Å². The van der Waals surface area contributed by atoms with Crippen molar-refractivity contribution in [1.82, 2.24) is 4.90 Å². The Morgan fingerprint density at radius 3 is 2.39 bits per heavy atom. The van der Waals surface area contributed by atoms with Crippen molar-refractivity contribution in [1.29, 1.82) is 0 Å². The summed E-state index contributed by atoms with van der Waals surface area (Å²) in [4.78, 5) is 2.36. The van der Waals surface area contributed by atoms with Crippen molar-refractivity contribution in [3.63, 3.8) is 0 Å². The van der Waals surface area contributed by atoms with Gasteiger partial charge in [-0.1, -0.05) is 19.0 Å². The van der Waals surface area contributed by atoms with Gasteiger partial charge in [0.25, 0.3) is 0 Å². The first kappa shape index (κ1) is 15.2. The second-order valence-corrected chi connectivity index (χ2v) is 5.43. The highest BCUT2D eigenvalue weighted by Gasteiger charge is 2.45.